The van der Waals surface area contributed by atoms with Crippen LogP contribution < -0.4 is 5.43 Å². The summed E-state index contributed by atoms with van der Waals surface area (Å²) in [4.78, 5) is 12.4. The average molecular weight is 363 g/mol. The number of amides is 1. The molecule has 118 valence electrons. The maximum absolute atomic E-state index is 12.4. The molecule has 1 aromatic carbocycles. The average Bonchev–Trinajstić information content (AvgIpc) is 3.15. The first-order valence-corrected chi connectivity index (χ1v) is 9.06. The number of hydrogen-bond acceptors (Lipinski definition) is 2. The van der Waals surface area contributed by atoms with Crippen LogP contribution in [-0.2, 0) is 4.79 Å². The van der Waals surface area contributed by atoms with E-state index < -0.39 is 0 Å². The second-order valence-corrected chi connectivity index (χ2v) is 7.44. The largest absolute Gasteiger partial charge is 0.273 e. The maximum Gasteiger partial charge on any atom is 0.243 e. The topological polar surface area (TPSA) is 41.5 Å². The van der Waals surface area contributed by atoms with Crippen molar-refractivity contribution >= 4 is 27.5 Å². The third-order valence-corrected chi connectivity index (χ3v) is 5.53. The number of benzene rings is 1. The van der Waals surface area contributed by atoms with Crippen molar-refractivity contribution in [1.82, 2.24) is 5.43 Å². The fraction of sp³-hybridized carbons (Fsp3) is 0.556. The molecule has 0 radical (unpaired) electrons. The van der Waals surface area contributed by atoms with E-state index in [9.17, 15) is 4.79 Å². The Hall–Kier alpha value is -1.16. The van der Waals surface area contributed by atoms with Gasteiger partial charge >= 0.3 is 0 Å². The summed E-state index contributed by atoms with van der Waals surface area (Å²) < 4.78 is 1.02. The van der Waals surface area contributed by atoms with Crippen LogP contribution in [0.25, 0.3) is 0 Å². The molecule has 0 bridgehead atoms. The minimum absolute atomic E-state index is 0.117. The Bertz CT molecular complexity index is 570. The van der Waals surface area contributed by atoms with Gasteiger partial charge in [-0.3, -0.25) is 4.79 Å². The molecule has 1 aromatic rings. The van der Waals surface area contributed by atoms with Gasteiger partial charge in [-0.05, 0) is 49.3 Å². The van der Waals surface area contributed by atoms with Gasteiger partial charge < -0.3 is 0 Å². The zero-order valence-electron chi connectivity index (χ0n) is 13.0. The Morgan fingerprint density at radius 1 is 1.18 bits per heavy atom. The van der Waals surface area contributed by atoms with E-state index in [0.717, 1.165) is 15.7 Å². The minimum Gasteiger partial charge on any atom is -0.273 e. The molecule has 3 nitrogen and oxygen atoms in total. The van der Waals surface area contributed by atoms with Crippen LogP contribution >= 0.6 is 15.9 Å². The highest BCUT2D eigenvalue weighted by molar-refractivity contribution is 9.10. The highest BCUT2D eigenvalue weighted by Crippen LogP contribution is 2.53. The van der Waals surface area contributed by atoms with Gasteiger partial charge in [0.1, 0.15) is 0 Å². The summed E-state index contributed by atoms with van der Waals surface area (Å²) in [5.74, 6) is 1.55. The summed E-state index contributed by atoms with van der Waals surface area (Å²) in [7, 11) is 0. The lowest BCUT2D eigenvalue weighted by atomic mass is 10.0. The van der Waals surface area contributed by atoms with Crippen LogP contribution in [0, 0.1) is 17.8 Å². The highest BCUT2D eigenvalue weighted by atomic mass is 79.9. The SMILES string of the molecule is CC(=NNC(=O)C1C2CCCCCCC21)c1cccc(Br)c1. The molecule has 0 saturated heterocycles. The van der Waals surface area contributed by atoms with Crippen LogP contribution in [0.2, 0.25) is 0 Å². The molecular formula is C18H23BrN2O. The molecule has 3 rings (SSSR count). The molecule has 2 saturated carbocycles. The molecule has 2 fully saturated rings. The second-order valence-electron chi connectivity index (χ2n) is 6.53. The van der Waals surface area contributed by atoms with Gasteiger partial charge in [-0.2, -0.15) is 5.10 Å². The van der Waals surface area contributed by atoms with Crippen molar-refractivity contribution in [2.24, 2.45) is 22.9 Å². The Morgan fingerprint density at radius 2 is 1.86 bits per heavy atom. The molecule has 1 amide bonds. The zero-order valence-corrected chi connectivity index (χ0v) is 14.6. The number of nitrogens with one attached hydrogen (secondary N) is 1. The molecule has 1 N–H and O–H groups in total. The summed E-state index contributed by atoms with van der Waals surface area (Å²) in [5.41, 5.74) is 4.66. The molecule has 0 aromatic heterocycles. The number of halogens is 1. The lowest BCUT2D eigenvalue weighted by molar-refractivity contribution is -0.122. The van der Waals surface area contributed by atoms with Gasteiger partial charge in [0.15, 0.2) is 0 Å². The first-order chi connectivity index (χ1) is 10.7. The quantitative estimate of drug-likeness (QED) is 0.623. The van der Waals surface area contributed by atoms with E-state index in [2.05, 4.69) is 26.5 Å². The highest BCUT2D eigenvalue weighted by Gasteiger charge is 2.53. The minimum atomic E-state index is 0.117. The van der Waals surface area contributed by atoms with Crippen molar-refractivity contribution < 1.29 is 4.79 Å². The molecule has 0 heterocycles. The number of rotatable bonds is 3. The van der Waals surface area contributed by atoms with Crippen LogP contribution in [0.5, 0.6) is 0 Å². The number of hydrazone groups is 1. The molecule has 2 atom stereocenters. The van der Waals surface area contributed by atoms with E-state index >= 15 is 0 Å². The van der Waals surface area contributed by atoms with Crippen molar-refractivity contribution in [1.29, 1.82) is 0 Å². The van der Waals surface area contributed by atoms with E-state index in [4.69, 9.17) is 0 Å². The third kappa shape index (κ3) is 3.60. The molecule has 0 aliphatic heterocycles. The number of nitrogens with zero attached hydrogens (tertiary/aromatic N) is 1. The monoisotopic (exact) mass is 362 g/mol. The van der Waals surface area contributed by atoms with Crippen LogP contribution in [0.4, 0.5) is 0 Å². The Balaban J connectivity index is 1.59. The first-order valence-electron chi connectivity index (χ1n) is 8.27. The fourth-order valence-electron chi connectivity index (χ4n) is 3.73. The van der Waals surface area contributed by atoms with Crippen LogP contribution in [-0.4, -0.2) is 11.6 Å². The van der Waals surface area contributed by atoms with Crippen molar-refractivity contribution in [2.75, 3.05) is 0 Å². The van der Waals surface area contributed by atoms with Crippen LogP contribution in [0.1, 0.15) is 51.0 Å². The number of fused-ring (bicyclic) bond motifs is 1. The van der Waals surface area contributed by atoms with Crippen molar-refractivity contribution in [2.45, 2.75) is 45.4 Å². The van der Waals surface area contributed by atoms with Gasteiger partial charge in [0.25, 0.3) is 0 Å². The van der Waals surface area contributed by atoms with Gasteiger partial charge in [0, 0.05) is 10.4 Å². The Labute approximate surface area is 140 Å². The molecule has 2 aliphatic carbocycles. The summed E-state index contributed by atoms with van der Waals surface area (Å²) in [6.45, 7) is 1.93. The van der Waals surface area contributed by atoms with Gasteiger partial charge in [-0.25, -0.2) is 5.43 Å². The summed E-state index contributed by atoms with van der Waals surface area (Å²) >= 11 is 3.46. The molecule has 2 aliphatic rings. The second kappa shape index (κ2) is 6.95. The summed E-state index contributed by atoms with van der Waals surface area (Å²) in [5, 5.41) is 4.30. The van der Waals surface area contributed by atoms with Gasteiger partial charge in [-0.15, -0.1) is 0 Å². The first kappa shape index (κ1) is 15.7. The van der Waals surface area contributed by atoms with E-state index in [1.807, 2.05) is 31.2 Å². The lowest BCUT2D eigenvalue weighted by Gasteiger charge is -2.04. The normalized spacial score (nSPS) is 28.3. The van der Waals surface area contributed by atoms with Crippen molar-refractivity contribution in [3.63, 3.8) is 0 Å². The van der Waals surface area contributed by atoms with E-state index in [1.165, 1.54) is 38.5 Å². The van der Waals surface area contributed by atoms with Gasteiger partial charge in [-0.1, -0.05) is 53.7 Å². The number of hydrogen-bond donors (Lipinski definition) is 1. The maximum atomic E-state index is 12.4. The van der Waals surface area contributed by atoms with Crippen molar-refractivity contribution in [3.8, 4) is 0 Å². The smallest absolute Gasteiger partial charge is 0.243 e. The van der Waals surface area contributed by atoms with E-state index in [0.29, 0.717) is 11.8 Å². The predicted octanol–water partition coefficient (Wildman–Crippen LogP) is 4.51. The Kier molecular flexibility index (Phi) is 4.97. The Morgan fingerprint density at radius 3 is 2.50 bits per heavy atom. The van der Waals surface area contributed by atoms with E-state index in [-0.39, 0.29) is 11.8 Å². The molecule has 4 heteroatoms. The van der Waals surface area contributed by atoms with Crippen LogP contribution in [0.3, 0.4) is 0 Å². The number of carbonyl (C=O) groups excluding carboxylic acids is 1. The van der Waals surface area contributed by atoms with E-state index in [1.54, 1.807) is 0 Å². The standard InChI is InChI=1S/C18H23BrN2O/c1-12(13-7-6-8-14(19)11-13)20-21-18(22)17-15-9-4-2-3-5-10-16(15)17/h6-8,11,15-17H,2-5,9-10H2,1H3,(H,21,22). The van der Waals surface area contributed by atoms with Gasteiger partial charge in [0.05, 0.1) is 5.71 Å². The number of carbonyl (C=O) groups is 1. The molecule has 2 unspecified atom stereocenters. The fourth-order valence-corrected chi connectivity index (χ4v) is 4.13. The predicted molar refractivity (Wildman–Crippen MR) is 92.7 cm³/mol. The molecule has 22 heavy (non-hydrogen) atoms. The summed E-state index contributed by atoms with van der Waals surface area (Å²) in [6, 6.07) is 7.97. The molecular weight excluding hydrogens is 340 g/mol. The zero-order chi connectivity index (χ0) is 15.5. The lowest BCUT2D eigenvalue weighted by Crippen LogP contribution is -2.22. The van der Waals surface area contributed by atoms with Gasteiger partial charge in [0.2, 0.25) is 5.91 Å². The van der Waals surface area contributed by atoms with Crippen molar-refractivity contribution in [3.05, 3.63) is 34.3 Å². The molecule has 0 spiro atoms. The summed E-state index contributed by atoms with van der Waals surface area (Å²) in [6.07, 6.45) is 7.67. The third-order valence-electron chi connectivity index (χ3n) is 5.04. The van der Waals surface area contributed by atoms with Crippen LogP contribution in [0.15, 0.2) is 33.8 Å².